The Kier molecular flexibility index (Phi) is 5.53. The number of nitrogens with one attached hydrogen (secondary N) is 1. The van der Waals surface area contributed by atoms with Crippen molar-refractivity contribution in [2.75, 3.05) is 5.73 Å². The van der Waals surface area contributed by atoms with Gasteiger partial charge in [-0.25, -0.2) is 0 Å². The summed E-state index contributed by atoms with van der Waals surface area (Å²) >= 11 is 0. The number of pyridine rings is 1. The molecule has 1 heterocycles. The quantitative estimate of drug-likeness (QED) is 0.247. The summed E-state index contributed by atoms with van der Waals surface area (Å²) in [5, 5.41) is 7.46. The van der Waals surface area contributed by atoms with E-state index in [1.165, 1.54) is 12.0 Å². The maximum Gasteiger partial charge on any atom is 0.214 e. The van der Waals surface area contributed by atoms with Crippen LogP contribution in [0.2, 0.25) is 0 Å². The average molecular weight is 399 g/mol. The van der Waals surface area contributed by atoms with Crippen LogP contribution in [-0.4, -0.2) is 17.2 Å². The number of nitrogens with zero attached hydrogens (tertiary/aromatic N) is 1. The average Bonchev–Trinajstić information content (AvgIpc) is 2.74. The van der Waals surface area contributed by atoms with E-state index in [1.807, 2.05) is 30.3 Å². The Morgan fingerprint density at radius 3 is 2.33 bits per heavy atom. The number of aldehydes is 1. The van der Waals surface area contributed by atoms with Gasteiger partial charge in [-0.3, -0.25) is 15.2 Å². The first-order chi connectivity index (χ1) is 14.6. The number of hydrogen-bond acceptors (Lipinski definition) is 4. The lowest BCUT2D eigenvalue weighted by Crippen LogP contribution is -2.15. The molecule has 0 saturated heterocycles. The van der Waals surface area contributed by atoms with Gasteiger partial charge in [0.15, 0.2) is 6.29 Å². The zero-order valence-electron chi connectivity index (χ0n) is 16.4. The highest BCUT2D eigenvalue weighted by Crippen LogP contribution is 2.45. The normalized spacial score (nSPS) is 14.6. The topological polar surface area (TPSA) is 79.8 Å². The highest BCUT2D eigenvalue weighted by Gasteiger charge is 2.27. The van der Waals surface area contributed by atoms with Gasteiger partial charge in [0.25, 0.3) is 0 Å². The Morgan fingerprint density at radius 1 is 1.03 bits per heavy atom. The van der Waals surface area contributed by atoms with E-state index < -0.39 is 5.97 Å². The molecule has 5 heteroatoms. The molecule has 4 nitrogen and oxygen atoms in total. The fourth-order valence-electron chi connectivity index (χ4n) is 3.90. The number of carbonyl (C=O) groups is 1. The summed E-state index contributed by atoms with van der Waals surface area (Å²) in [6.45, 7) is 0. The summed E-state index contributed by atoms with van der Waals surface area (Å²) in [6.07, 6.45) is 5.71. The monoisotopic (exact) mass is 399 g/mol. The zero-order chi connectivity index (χ0) is 21.1. The molecule has 3 N–H and O–H groups in total. The predicted octanol–water partition coefficient (Wildman–Crippen LogP) is 5.53. The first-order valence-corrected chi connectivity index (χ1v) is 9.94. The van der Waals surface area contributed by atoms with Crippen LogP contribution in [0.15, 0.2) is 66.9 Å². The second kappa shape index (κ2) is 8.41. The minimum Gasteiger partial charge on any atom is -0.398 e. The van der Waals surface area contributed by atoms with E-state index in [2.05, 4.69) is 17.1 Å². The molecule has 1 aromatic heterocycles. The van der Waals surface area contributed by atoms with Crippen molar-refractivity contribution in [3.05, 3.63) is 94.8 Å². The maximum absolute atomic E-state index is 13.8. The molecule has 4 rings (SSSR count). The number of anilines is 1. The summed E-state index contributed by atoms with van der Waals surface area (Å²) in [4.78, 5) is 15.3. The number of allylic oxidation sites excluding steroid dienone is 1. The number of benzene rings is 2. The molecule has 0 bridgehead atoms. The summed E-state index contributed by atoms with van der Waals surface area (Å²) in [5.41, 5.74) is 11.4. The molecule has 150 valence electrons. The number of nitrogen functional groups attached to an aromatic ring is 1. The fraction of sp³-hybridized carbons (Fsp3) is 0.160. The lowest BCUT2D eigenvalue weighted by molar-refractivity contribution is 0.111. The Labute approximate surface area is 174 Å². The van der Waals surface area contributed by atoms with Crippen LogP contribution in [0.5, 0.6) is 0 Å². The molecule has 0 spiro atoms. The van der Waals surface area contributed by atoms with E-state index in [-0.39, 0.29) is 11.3 Å². The minimum absolute atomic E-state index is 0.0727. The van der Waals surface area contributed by atoms with Crippen LogP contribution in [0.1, 0.15) is 52.0 Å². The summed E-state index contributed by atoms with van der Waals surface area (Å²) < 4.78 is 13.8. The smallest absolute Gasteiger partial charge is 0.214 e. The standard InChI is InChI=1S/C25H22FN3O/c26-25(28)21-13-18(10-12-22(21)27)24(19-9-11-20(15-30)29-14-19)23(17-7-4-8-17)16-5-2-1-3-6-16/h1-3,5-6,9-15,17,28H,4,7-8,27H2/b24-23+,28-25?. The number of halogens is 1. The largest absolute Gasteiger partial charge is 0.398 e. The molecule has 0 atom stereocenters. The molecule has 2 aromatic carbocycles. The van der Waals surface area contributed by atoms with Crippen molar-refractivity contribution in [2.24, 2.45) is 5.92 Å². The fourth-order valence-corrected chi connectivity index (χ4v) is 3.90. The first kappa shape index (κ1) is 19.7. The molecule has 1 fully saturated rings. The molecule has 0 radical (unpaired) electrons. The van der Waals surface area contributed by atoms with Gasteiger partial charge in [-0.1, -0.05) is 48.9 Å². The Morgan fingerprint density at radius 2 is 1.77 bits per heavy atom. The van der Waals surface area contributed by atoms with Crippen LogP contribution in [0.4, 0.5) is 10.1 Å². The molecule has 1 saturated carbocycles. The third kappa shape index (κ3) is 3.79. The molecular formula is C25H22FN3O. The Balaban J connectivity index is 2.01. The zero-order valence-corrected chi connectivity index (χ0v) is 16.4. The van der Waals surface area contributed by atoms with Crippen LogP contribution < -0.4 is 5.73 Å². The lowest BCUT2D eigenvalue weighted by Gasteiger charge is -2.31. The minimum atomic E-state index is -1.06. The maximum atomic E-state index is 13.8. The summed E-state index contributed by atoms with van der Waals surface area (Å²) in [6, 6.07) is 18.8. The number of aromatic nitrogens is 1. The Bertz CT molecular complexity index is 1120. The molecular weight excluding hydrogens is 377 g/mol. The van der Waals surface area contributed by atoms with Gasteiger partial charge in [0.2, 0.25) is 5.97 Å². The highest BCUT2D eigenvalue weighted by atomic mass is 19.1. The van der Waals surface area contributed by atoms with Crippen molar-refractivity contribution >= 4 is 29.1 Å². The number of carbonyl (C=O) groups excluding carboxylic acids is 1. The van der Waals surface area contributed by atoms with Crippen molar-refractivity contribution in [1.29, 1.82) is 5.41 Å². The molecule has 30 heavy (non-hydrogen) atoms. The molecule has 1 aliphatic rings. The van der Waals surface area contributed by atoms with Gasteiger partial charge in [-0.2, -0.15) is 4.39 Å². The van der Waals surface area contributed by atoms with Crippen molar-refractivity contribution < 1.29 is 9.18 Å². The summed E-state index contributed by atoms with van der Waals surface area (Å²) in [7, 11) is 0. The number of nitrogens with two attached hydrogens (primary N) is 1. The molecule has 0 amide bonds. The van der Waals surface area contributed by atoms with Gasteiger partial charge >= 0.3 is 0 Å². The van der Waals surface area contributed by atoms with E-state index in [9.17, 15) is 9.18 Å². The first-order valence-electron chi connectivity index (χ1n) is 9.94. The lowest BCUT2D eigenvalue weighted by atomic mass is 9.73. The van der Waals surface area contributed by atoms with E-state index in [0.717, 1.165) is 35.1 Å². The van der Waals surface area contributed by atoms with Crippen LogP contribution in [0, 0.1) is 11.3 Å². The van der Waals surface area contributed by atoms with Crippen molar-refractivity contribution in [3.63, 3.8) is 0 Å². The second-order valence-electron chi connectivity index (χ2n) is 7.49. The van der Waals surface area contributed by atoms with Crippen molar-refractivity contribution in [3.8, 4) is 0 Å². The third-order valence-electron chi connectivity index (χ3n) is 5.64. The van der Waals surface area contributed by atoms with Gasteiger partial charge in [0.1, 0.15) is 5.69 Å². The van der Waals surface area contributed by atoms with Crippen molar-refractivity contribution in [2.45, 2.75) is 19.3 Å². The molecule has 3 aromatic rings. The van der Waals surface area contributed by atoms with Crippen LogP contribution >= 0.6 is 0 Å². The highest BCUT2D eigenvalue weighted by molar-refractivity contribution is 6.02. The molecule has 0 unspecified atom stereocenters. The van der Waals surface area contributed by atoms with Gasteiger partial charge < -0.3 is 5.73 Å². The van der Waals surface area contributed by atoms with Crippen LogP contribution in [-0.2, 0) is 0 Å². The molecule has 0 aliphatic heterocycles. The SMILES string of the molecule is N=C(F)c1cc(/C(=C(/c2ccccc2)C2CCC2)c2ccc(C=O)nc2)ccc1N. The van der Waals surface area contributed by atoms with Gasteiger partial charge in [0.05, 0.1) is 5.56 Å². The van der Waals surface area contributed by atoms with Crippen LogP contribution in [0.25, 0.3) is 11.1 Å². The summed E-state index contributed by atoms with van der Waals surface area (Å²) in [5.74, 6) is -0.688. The van der Waals surface area contributed by atoms with E-state index in [1.54, 1.807) is 24.4 Å². The van der Waals surface area contributed by atoms with E-state index in [0.29, 0.717) is 17.9 Å². The van der Waals surface area contributed by atoms with Gasteiger partial charge in [-0.15, -0.1) is 0 Å². The third-order valence-corrected chi connectivity index (χ3v) is 5.64. The van der Waals surface area contributed by atoms with E-state index in [4.69, 9.17) is 11.1 Å². The second-order valence-corrected chi connectivity index (χ2v) is 7.49. The van der Waals surface area contributed by atoms with Crippen molar-refractivity contribution in [1.82, 2.24) is 4.98 Å². The number of hydrogen-bond donors (Lipinski definition) is 2. The number of rotatable bonds is 6. The van der Waals surface area contributed by atoms with Crippen LogP contribution in [0.3, 0.4) is 0 Å². The van der Waals surface area contributed by atoms with E-state index >= 15 is 0 Å². The van der Waals surface area contributed by atoms with Gasteiger partial charge in [0, 0.05) is 17.4 Å². The Hall–Kier alpha value is -3.60. The predicted molar refractivity (Wildman–Crippen MR) is 118 cm³/mol. The molecule has 1 aliphatic carbocycles. The van der Waals surface area contributed by atoms with Gasteiger partial charge in [-0.05, 0) is 59.2 Å².